The maximum atomic E-state index is 14.0. The molecule has 2 aliphatic heterocycles. The highest BCUT2D eigenvalue weighted by Crippen LogP contribution is 2.36. The van der Waals surface area contributed by atoms with Crippen LogP contribution in [0.25, 0.3) is 44.3 Å². The number of alkyl carbamates (subject to hydrolysis) is 2. The minimum Gasteiger partial charge on any atom is -0.453 e. The summed E-state index contributed by atoms with van der Waals surface area (Å²) in [5.41, 5.74) is 6.79. The maximum absolute atomic E-state index is 14.0. The lowest BCUT2D eigenvalue weighted by Crippen LogP contribution is -2.51. The van der Waals surface area contributed by atoms with Crippen molar-refractivity contribution in [1.29, 1.82) is 0 Å². The van der Waals surface area contributed by atoms with Gasteiger partial charge in [0.1, 0.15) is 23.7 Å². The molecule has 0 radical (unpaired) electrons. The van der Waals surface area contributed by atoms with E-state index < -0.39 is 24.3 Å². The Labute approximate surface area is 340 Å². The van der Waals surface area contributed by atoms with Crippen molar-refractivity contribution in [2.45, 2.75) is 63.7 Å². The van der Waals surface area contributed by atoms with Gasteiger partial charge in [-0.25, -0.2) is 19.6 Å². The zero-order valence-electron chi connectivity index (χ0n) is 33.4. The zero-order valence-corrected chi connectivity index (χ0v) is 33.4. The number of fused-ring (bicyclic) bond motifs is 2. The van der Waals surface area contributed by atoms with Crippen molar-refractivity contribution in [3.8, 4) is 22.4 Å². The Bertz CT molecular complexity index is 2520. The van der Waals surface area contributed by atoms with Gasteiger partial charge in [0.25, 0.3) is 5.91 Å². The molecule has 6 aromatic rings. The molecular formula is C44H47N9O6. The van der Waals surface area contributed by atoms with Gasteiger partial charge in [0, 0.05) is 30.2 Å². The molecule has 2 fully saturated rings. The fourth-order valence-electron chi connectivity index (χ4n) is 8.25. The predicted octanol–water partition coefficient (Wildman–Crippen LogP) is 6.97. The summed E-state index contributed by atoms with van der Waals surface area (Å²) in [6.07, 6.45) is 5.42. The number of H-pyrrole nitrogens is 2. The van der Waals surface area contributed by atoms with Crippen molar-refractivity contribution < 1.29 is 28.7 Å². The normalized spacial score (nSPS) is 17.6. The van der Waals surface area contributed by atoms with E-state index >= 15 is 0 Å². The maximum Gasteiger partial charge on any atom is 0.407 e. The average molecular weight is 798 g/mol. The molecule has 4 amide bonds. The Balaban J connectivity index is 0.987. The summed E-state index contributed by atoms with van der Waals surface area (Å²) in [6.45, 7) is 4.91. The molecule has 2 saturated heterocycles. The number of pyridine rings is 1. The summed E-state index contributed by atoms with van der Waals surface area (Å²) in [5, 5.41) is 6.37. The third-order valence-corrected chi connectivity index (χ3v) is 11.3. The van der Waals surface area contributed by atoms with E-state index in [1.807, 2.05) is 68.6 Å². The number of hydrogen-bond donors (Lipinski definition) is 4. The summed E-state index contributed by atoms with van der Waals surface area (Å²) in [5.74, 6) is 0.899. The van der Waals surface area contributed by atoms with E-state index in [0.29, 0.717) is 30.3 Å². The molecule has 4 atom stereocenters. The van der Waals surface area contributed by atoms with Gasteiger partial charge in [-0.3, -0.25) is 14.6 Å². The topological polar surface area (TPSA) is 188 Å². The van der Waals surface area contributed by atoms with Crippen molar-refractivity contribution in [2.24, 2.45) is 5.92 Å². The number of carbonyl (C=O) groups is 4. The molecule has 0 aliphatic carbocycles. The number of rotatable bonds is 10. The molecule has 304 valence electrons. The SMILES string of the molecule is COC(=O)NC(C(=O)N1CCCC1c1nc2ccc(-c3ccc4cc(-c5cnc(C6CCCN6C(=O)C(NC(=O)OC)C(C)C)[nH]5)cnc4c3)cc2[nH]1)c1ccccc1. The van der Waals surface area contributed by atoms with Gasteiger partial charge in [-0.1, -0.05) is 62.4 Å². The minimum absolute atomic E-state index is 0.119. The van der Waals surface area contributed by atoms with Crippen LogP contribution in [0.3, 0.4) is 0 Å². The Morgan fingerprint density at radius 1 is 0.712 bits per heavy atom. The number of likely N-dealkylation sites (tertiary alicyclic amines) is 2. The molecule has 15 nitrogen and oxygen atoms in total. The molecule has 4 unspecified atom stereocenters. The number of nitrogens with zero attached hydrogens (tertiary/aromatic N) is 5. The number of imidazole rings is 2. The highest BCUT2D eigenvalue weighted by molar-refractivity contribution is 5.90. The van der Waals surface area contributed by atoms with Crippen LogP contribution in [0.2, 0.25) is 0 Å². The van der Waals surface area contributed by atoms with Gasteiger partial charge < -0.3 is 39.9 Å². The number of nitrogens with one attached hydrogen (secondary N) is 4. The van der Waals surface area contributed by atoms with Crippen molar-refractivity contribution in [3.63, 3.8) is 0 Å². The molecular weight excluding hydrogens is 751 g/mol. The van der Waals surface area contributed by atoms with Crippen LogP contribution in [-0.2, 0) is 19.1 Å². The zero-order chi connectivity index (χ0) is 41.2. The van der Waals surface area contributed by atoms with E-state index in [4.69, 9.17) is 19.4 Å². The Kier molecular flexibility index (Phi) is 11.0. The second kappa shape index (κ2) is 16.6. The number of methoxy groups -OCH3 is 2. The van der Waals surface area contributed by atoms with Crippen LogP contribution in [0.1, 0.15) is 74.9 Å². The highest BCUT2D eigenvalue weighted by Gasteiger charge is 2.39. The van der Waals surface area contributed by atoms with Crippen LogP contribution in [0, 0.1) is 5.92 Å². The summed E-state index contributed by atoms with van der Waals surface area (Å²) in [4.78, 5) is 76.7. The van der Waals surface area contributed by atoms with Gasteiger partial charge in [0.05, 0.1) is 54.7 Å². The molecule has 0 saturated carbocycles. The number of carbonyl (C=O) groups excluding carboxylic acids is 4. The van der Waals surface area contributed by atoms with E-state index in [-0.39, 0.29) is 29.8 Å². The number of aromatic amines is 2. The molecule has 5 heterocycles. The fraction of sp³-hybridized carbons (Fsp3) is 0.341. The van der Waals surface area contributed by atoms with E-state index in [1.54, 1.807) is 16.0 Å². The summed E-state index contributed by atoms with van der Waals surface area (Å²) < 4.78 is 9.60. The van der Waals surface area contributed by atoms with Crippen molar-refractivity contribution in [3.05, 3.63) is 102 Å². The van der Waals surface area contributed by atoms with Crippen LogP contribution in [-0.4, -0.2) is 92.1 Å². The molecule has 59 heavy (non-hydrogen) atoms. The molecule has 2 aliphatic rings. The quantitative estimate of drug-likeness (QED) is 0.114. The first-order valence-electron chi connectivity index (χ1n) is 19.9. The Morgan fingerprint density at radius 2 is 1.39 bits per heavy atom. The predicted molar refractivity (Wildman–Crippen MR) is 221 cm³/mol. The first-order valence-corrected chi connectivity index (χ1v) is 19.9. The monoisotopic (exact) mass is 797 g/mol. The van der Waals surface area contributed by atoms with Gasteiger partial charge in [-0.15, -0.1) is 0 Å². The smallest absolute Gasteiger partial charge is 0.407 e. The van der Waals surface area contributed by atoms with E-state index in [0.717, 1.165) is 70.0 Å². The molecule has 0 spiro atoms. The molecule has 3 aromatic carbocycles. The number of amides is 4. The third-order valence-electron chi connectivity index (χ3n) is 11.3. The second-order valence-corrected chi connectivity index (χ2v) is 15.4. The van der Waals surface area contributed by atoms with Crippen LogP contribution < -0.4 is 10.6 Å². The fourth-order valence-corrected chi connectivity index (χ4v) is 8.25. The lowest BCUT2D eigenvalue weighted by molar-refractivity contribution is -0.135. The van der Waals surface area contributed by atoms with Gasteiger partial charge in [-0.05, 0) is 72.6 Å². The second-order valence-electron chi connectivity index (χ2n) is 15.4. The summed E-state index contributed by atoms with van der Waals surface area (Å²) >= 11 is 0. The van der Waals surface area contributed by atoms with E-state index in [9.17, 15) is 19.2 Å². The summed E-state index contributed by atoms with van der Waals surface area (Å²) in [7, 11) is 2.56. The van der Waals surface area contributed by atoms with Crippen LogP contribution in [0.15, 0.2) is 85.2 Å². The molecule has 4 N–H and O–H groups in total. The van der Waals surface area contributed by atoms with E-state index in [1.165, 1.54) is 14.2 Å². The first kappa shape index (κ1) is 39.1. The number of benzene rings is 3. The van der Waals surface area contributed by atoms with Gasteiger partial charge in [0.2, 0.25) is 5.91 Å². The van der Waals surface area contributed by atoms with Crippen molar-refractivity contribution >= 4 is 45.9 Å². The largest absolute Gasteiger partial charge is 0.453 e. The number of aromatic nitrogens is 5. The third kappa shape index (κ3) is 7.92. The lowest BCUT2D eigenvalue weighted by atomic mass is 10.0. The minimum atomic E-state index is -0.892. The first-order chi connectivity index (χ1) is 28.6. The van der Waals surface area contributed by atoms with Gasteiger partial charge in [0.15, 0.2) is 0 Å². The number of ether oxygens (including phenoxy) is 2. The average Bonchev–Trinajstić information content (AvgIpc) is 4.10. The van der Waals surface area contributed by atoms with Crippen LogP contribution >= 0.6 is 0 Å². The van der Waals surface area contributed by atoms with E-state index in [2.05, 4.69) is 49.9 Å². The van der Waals surface area contributed by atoms with Gasteiger partial charge in [-0.2, -0.15) is 0 Å². The number of hydrogen-bond acceptors (Lipinski definition) is 9. The summed E-state index contributed by atoms with van der Waals surface area (Å²) in [6, 6.07) is 21.4. The van der Waals surface area contributed by atoms with Crippen molar-refractivity contribution in [1.82, 2.24) is 45.4 Å². The molecule has 3 aromatic heterocycles. The van der Waals surface area contributed by atoms with Crippen LogP contribution in [0.4, 0.5) is 9.59 Å². The molecule has 8 rings (SSSR count). The molecule has 15 heteroatoms. The standard InChI is InChI=1S/C44H47N9O6/c1-25(2)37(50-43(56)58-3)41(54)52-18-8-12-35(52)39-46-24-34(49-39)30-20-29-15-14-27(21-32(29)45-23-30)28-16-17-31-33(22-28)48-40(47-31)36-13-9-19-53(36)42(55)38(51-44(57)59-4)26-10-6-5-7-11-26/h5-7,10-11,14-17,20-25,35-38H,8-9,12-13,18-19H2,1-4H3,(H,46,49)(H,47,48)(H,50,56)(H,51,57). The lowest BCUT2D eigenvalue weighted by Gasteiger charge is -2.30. The van der Waals surface area contributed by atoms with Crippen molar-refractivity contribution in [2.75, 3.05) is 27.3 Å². The van der Waals surface area contributed by atoms with Gasteiger partial charge >= 0.3 is 12.2 Å². The molecule has 0 bridgehead atoms. The Morgan fingerprint density at radius 3 is 2.12 bits per heavy atom. The highest BCUT2D eigenvalue weighted by atomic mass is 16.5. The Hall–Kier alpha value is -6.77. The van der Waals surface area contributed by atoms with Crippen LogP contribution in [0.5, 0.6) is 0 Å².